The van der Waals surface area contributed by atoms with E-state index in [1.807, 2.05) is 13.0 Å². The summed E-state index contributed by atoms with van der Waals surface area (Å²) in [5.41, 5.74) is 0.833. The molecule has 42 heavy (non-hydrogen) atoms. The van der Waals surface area contributed by atoms with Crippen molar-refractivity contribution in [3.05, 3.63) is 88.4 Å². The number of nitrogens with zero attached hydrogens (tertiary/aromatic N) is 2. The number of methoxy groups -OCH3 is 1. The van der Waals surface area contributed by atoms with Gasteiger partial charge < -0.3 is 15.0 Å². The monoisotopic (exact) mass is 631 g/mol. The highest BCUT2D eigenvalue weighted by atomic mass is 35.5. The molecular formula is C31H35Cl2N3O5S. The van der Waals surface area contributed by atoms with Gasteiger partial charge >= 0.3 is 0 Å². The second-order valence-electron chi connectivity index (χ2n) is 10.2. The molecule has 1 fully saturated rings. The van der Waals surface area contributed by atoms with Gasteiger partial charge in [0.1, 0.15) is 18.3 Å². The van der Waals surface area contributed by atoms with E-state index in [4.69, 9.17) is 27.9 Å². The van der Waals surface area contributed by atoms with Crippen LogP contribution in [0.15, 0.2) is 77.7 Å². The van der Waals surface area contributed by atoms with Crippen LogP contribution in [0.2, 0.25) is 10.0 Å². The molecule has 0 aromatic heterocycles. The molecule has 1 aliphatic carbocycles. The molecule has 0 saturated heterocycles. The van der Waals surface area contributed by atoms with Crippen molar-refractivity contribution < 1.29 is 22.7 Å². The summed E-state index contributed by atoms with van der Waals surface area (Å²) in [6.07, 6.45) is 4.21. The van der Waals surface area contributed by atoms with Crippen LogP contribution in [0.3, 0.4) is 0 Å². The summed E-state index contributed by atoms with van der Waals surface area (Å²) in [7, 11) is -2.69. The van der Waals surface area contributed by atoms with Crippen molar-refractivity contribution >= 4 is 50.7 Å². The molecule has 0 heterocycles. The van der Waals surface area contributed by atoms with Crippen molar-refractivity contribution in [1.82, 2.24) is 10.2 Å². The van der Waals surface area contributed by atoms with Crippen molar-refractivity contribution in [2.45, 2.75) is 62.6 Å². The molecule has 1 aliphatic rings. The van der Waals surface area contributed by atoms with Gasteiger partial charge in [0.2, 0.25) is 11.8 Å². The van der Waals surface area contributed by atoms with Crippen molar-refractivity contribution in [2.75, 3.05) is 18.0 Å². The maximum Gasteiger partial charge on any atom is 0.264 e. The molecule has 8 nitrogen and oxygen atoms in total. The van der Waals surface area contributed by atoms with Crippen molar-refractivity contribution in [1.29, 1.82) is 0 Å². The predicted octanol–water partition coefficient (Wildman–Crippen LogP) is 6.06. The van der Waals surface area contributed by atoms with Gasteiger partial charge in [-0.3, -0.25) is 13.9 Å². The fourth-order valence-electron chi connectivity index (χ4n) is 5.17. The zero-order valence-corrected chi connectivity index (χ0v) is 26.0. The molecule has 1 N–H and O–H groups in total. The van der Waals surface area contributed by atoms with Crippen molar-refractivity contribution in [2.24, 2.45) is 0 Å². The number of carbonyl (C=O) groups excluding carboxylic acids is 2. The Labute approximate surface area is 257 Å². The lowest BCUT2D eigenvalue weighted by atomic mass is 10.1. The van der Waals surface area contributed by atoms with Crippen LogP contribution in [0, 0.1) is 0 Å². The molecule has 0 radical (unpaired) electrons. The van der Waals surface area contributed by atoms with Crippen LogP contribution in [0.25, 0.3) is 0 Å². The highest BCUT2D eigenvalue weighted by Crippen LogP contribution is 2.33. The molecule has 1 atom stereocenters. The standard InChI is InChI=1S/C31H35Cl2N3O5S/c1-3-28(31(38)34-24-11-7-8-12-24)35(20-22-10-9-13-25(18-22)41-2)30(37)21-36(29-17-16-23(32)19-27(29)33)42(39,40)26-14-5-4-6-15-26/h4-6,9-10,13-19,24,28H,3,7-8,11-12,20-21H2,1-2H3,(H,34,38)/t28-/m0/s1. The van der Waals surface area contributed by atoms with Crippen LogP contribution in [0.5, 0.6) is 5.75 Å². The average molecular weight is 633 g/mol. The van der Waals surface area contributed by atoms with Gasteiger partial charge in [-0.2, -0.15) is 0 Å². The van der Waals surface area contributed by atoms with Gasteiger partial charge in [0, 0.05) is 17.6 Å². The summed E-state index contributed by atoms with van der Waals surface area (Å²) >= 11 is 12.6. The lowest BCUT2D eigenvalue weighted by molar-refractivity contribution is -0.140. The first-order chi connectivity index (χ1) is 20.1. The zero-order valence-electron chi connectivity index (χ0n) is 23.6. The minimum Gasteiger partial charge on any atom is -0.497 e. The number of halogens is 2. The third kappa shape index (κ3) is 7.56. The van der Waals surface area contributed by atoms with Crippen LogP contribution in [-0.2, 0) is 26.2 Å². The third-order valence-corrected chi connectivity index (χ3v) is 9.67. The van der Waals surface area contributed by atoms with Crippen LogP contribution in [-0.4, -0.2) is 50.9 Å². The second kappa shape index (κ2) is 14.3. The Kier molecular flexibility index (Phi) is 10.8. The Morgan fingerprint density at radius 1 is 1.00 bits per heavy atom. The topological polar surface area (TPSA) is 96.0 Å². The van der Waals surface area contributed by atoms with Gasteiger partial charge in [-0.15, -0.1) is 0 Å². The Morgan fingerprint density at radius 3 is 2.36 bits per heavy atom. The second-order valence-corrected chi connectivity index (χ2v) is 12.9. The number of hydrogen-bond acceptors (Lipinski definition) is 5. The van der Waals surface area contributed by atoms with E-state index in [1.165, 1.54) is 35.2 Å². The van der Waals surface area contributed by atoms with Crippen LogP contribution >= 0.6 is 23.2 Å². The first-order valence-electron chi connectivity index (χ1n) is 13.9. The van der Waals surface area contributed by atoms with Crippen molar-refractivity contribution in [3.63, 3.8) is 0 Å². The molecule has 3 aromatic rings. The van der Waals surface area contributed by atoms with Gasteiger partial charge in [-0.05, 0) is 67.3 Å². The lowest BCUT2D eigenvalue weighted by Crippen LogP contribution is -2.53. The molecule has 0 bridgehead atoms. The normalized spacial score (nSPS) is 14.3. The molecule has 11 heteroatoms. The number of nitrogens with one attached hydrogen (secondary N) is 1. The largest absolute Gasteiger partial charge is 0.497 e. The summed E-state index contributed by atoms with van der Waals surface area (Å²) in [5, 5.41) is 3.50. The van der Waals surface area contributed by atoms with E-state index in [-0.39, 0.29) is 34.1 Å². The van der Waals surface area contributed by atoms with E-state index in [9.17, 15) is 18.0 Å². The Hall–Kier alpha value is -3.27. The summed E-state index contributed by atoms with van der Waals surface area (Å²) < 4.78 is 34.2. The van der Waals surface area contributed by atoms with Crippen molar-refractivity contribution in [3.8, 4) is 5.75 Å². The summed E-state index contributed by atoms with van der Waals surface area (Å²) in [5.74, 6) is -0.219. The van der Waals surface area contributed by atoms with Gasteiger partial charge in [0.05, 0.1) is 22.7 Å². The van der Waals surface area contributed by atoms with Gasteiger partial charge in [0.15, 0.2) is 0 Å². The number of sulfonamides is 1. The van der Waals surface area contributed by atoms with Crippen LogP contribution in [0.4, 0.5) is 5.69 Å². The summed E-state index contributed by atoms with van der Waals surface area (Å²) in [6, 6.07) is 18.7. The number of carbonyl (C=O) groups is 2. The first kappa shape index (κ1) is 31.7. The highest BCUT2D eigenvalue weighted by Gasteiger charge is 2.35. The SMILES string of the molecule is CC[C@@H](C(=O)NC1CCCC1)N(Cc1cccc(OC)c1)C(=O)CN(c1ccc(Cl)cc1Cl)S(=O)(=O)c1ccccc1. The van der Waals surface area contributed by atoms with E-state index in [0.29, 0.717) is 17.2 Å². The number of hydrogen-bond donors (Lipinski definition) is 1. The molecule has 0 aliphatic heterocycles. The van der Waals surface area contributed by atoms with E-state index in [0.717, 1.165) is 35.6 Å². The van der Waals surface area contributed by atoms with E-state index in [2.05, 4.69) is 5.32 Å². The van der Waals surface area contributed by atoms with Gasteiger partial charge in [-0.1, -0.05) is 73.3 Å². The molecule has 0 unspecified atom stereocenters. The quantitative estimate of drug-likeness (QED) is 0.262. The maximum atomic E-state index is 14.2. The highest BCUT2D eigenvalue weighted by molar-refractivity contribution is 7.92. The molecule has 0 spiro atoms. The fraction of sp³-hybridized carbons (Fsp3) is 0.355. The van der Waals surface area contributed by atoms with Crippen LogP contribution < -0.4 is 14.4 Å². The molecule has 1 saturated carbocycles. The van der Waals surface area contributed by atoms with E-state index >= 15 is 0 Å². The van der Waals surface area contributed by atoms with Crippen LogP contribution in [0.1, 0.15) is 44.6 Å². The average Bonchev–Trinajstić information content (AvgIpc) is 3.49. The number of amides is 2. The number of ether oxygens (including phenoxy) is 1. The molecule has 224 valence electrons. The third-order valence-electron chi connectivity index (χ3n) is 7.36. The zero-order chi connectivity index (χ0) is 30.3. The Balaban J connectivity index is 1.74. The molecule has 2 amide bonds. The maximum absolute atomic E-state index is 14.2. The number of benzene rings is 3. The molecular weight excluding hydrogens is 597 g/mol. The predicted molar refractivity (Wildman–Crippen MR) is 165 cm³/mol. The lowest BCUT2D eigenvalue weighted by Gasteiger charge is -2.34. The fourth-order valence-corrected chi connectivity index (χ4v) is 7.19. The molecule has 3 aromatic carbocycles. The Bertz CT molecular complexity index is 1500. The van der Waals surface area contributed by atoms with Gasteiger partial charge in [-0.25, -0.2) is 8.42 Å². The van der Waals surface area contributed by atoms with E-state index in [1.54, 1.807) is 43.5 Å². The first-order valence-corrected chi connectivity index (χ1v) is 16.1. The molecule has 4 rings (SSSR count). The smallest absolute Gasteiger partial charge is 0.264 e. The summed E-state index contributed by atoms with van der Waals surface area (Å²) in [4.78, 5) is 29.2. The van der Waals surface area contributed by atoms with E-state index < -0.39 is 28.5 Å². The number of anilines is 1. The van der Waals surface area contributed by atoms with Gasteiger partial charge in [0.25, 0.3) is 10.0 Å². The minimum atomic E-state index is -4.24. The number of rotatable bonds is 12. The summed E-state index contributed by atoms with van der Waals surface area (Å²) in [6.45, 7) is 1.31. The minimum absolute atomic E-state index is 0.00539. The Morgan fingerprint density at radius 2 is 1.71 bits per heavy atom.